The smallest absolute Gasteiger partial charge is 0.167 e. The fourth-order valence-corrected chi connectivity index (χ4v) is 1.12. The van der Waals surface area contributed by atoms with Gasteiger partial charge in [0.15, 0.2) is 0 Å². The van der Waals surface area contributed by atoms with Gasteiger partial charge in [-0.15, -0.1) is 0 Å². The topological polar surface area (TPSA) is 48.8 Å². The van der Waals surface area contributed by atoms with Crippen LogP contribution in [0.2, 0.25) is 5.02 Å². The van der Waals surface area contributed by atoms with Gasteiger partial charge in [0.2, 0.25) is 0 Å². The van der Waals surface area contributed by atoms with Crippen LogP contribution in [0.4, 0.5) is 13.2 Å². The van der Waals surface area contributed by atoms with Crippen molar-refractivity contribution in [3.05, 3.63) is 51.4 Å². The molecule has 0 aliphatic heterocycles. The Hall–Kier alpha value is -1.65. The van der Waals surface area contributed by atoms with Gasteiger partial charge in [0.1, 0.15) is 0 Å². The molecule has 0 amide bonds. The molecule has 0 saturated heterocycles. The summed E-state index contributed by atoms with van der Waals surface area (Å²) in [4.78, 5) is 2.34. The van der Waals surface area contributed by atoms with Gasteiger partial charge < -0.3 is 0 Å². The summed E-state index contributed by atoms with van der Waals surface area (Å²) in [6.45, 7) is 0. The Balaban J connectivity index is 3.18. The predicted octanol–water partition coefficient (Wildman–Crippen LogP) is 4.55. The minimum atomic E-state index is -4.54. The lowest BCUT2D eigenvalue weighted by Gasteiger charge is -2.04. The quantitative estimate of drug-likeness (QED) is 0.418. The van der Waals surface area contributed by atoms with Gasteiger partial charge in [0.05, 0.1) is 0 Å². The van der Waals surface area contributed by atoms with Crippen LogP contribution in [-0.4, -0.2) is 6.18 Å². The van der Waals surface area contributed by atoms with Crippen LogP contribution in [0.5, 0.6) is 0 Å². The van der Waals surface area contributed by atoms with Crippen molar-refractivity contribution in [2.75, 3.05) is 0 Å². The number of azide groups is 1. The molecule has 0 aromatic heterocycles. The molecule has 0 bridgehead atoms. The third kappa shape index (κ3) is 3.84. The number of hydrogen-bond acceptors (Lipinski definition) is 1. The summed E-state index contributed by atoms with van der Waals surface area (Å²) in [7, 11) is 0. The molecule has 0 aliphatic carbocycles. The average Bonchev–Trinajstić information content (AvgIpc) is 2.16. The van der Waals surface area contributed by atoms with Crippen molar-refractivity contribution in [2.24, 2.45) is 5.11 Å². The average molecular weight is 248 g/mol. The Morgan fingerprint density at radius 3 is 2.31 bits per heavy atom. The summed E-state index contributed by atoms with van der Waals surface area (Å²) >= 11 is 5.58. The van der Waals surface area contributed by atoms with Crippen LogP contribution in [0, 0.1) is 0 Å². The molecule has 0 unspecified atom stereocenters. The zero-order valence-electron chi connectivity index (χ0n) is 7.74. The van der Waals surface area contributed by atoms with E-state index in [1.54, 1.807) is 0 Å². The molecule has 0 spiro atoms. The third-order valence-corrected chi connectivity index (χ3v) is 1.84. The summed E-state index contributed by atoms with van der Waals surface area (Å²) in [5.74, 6) is 0. The Morgan fingerprint density at radius 2 is 1.88 bits per heavy atom. The second-order valence-electron chi connectivity index (χ2n) is 2.77. The van der Waals surface area contributed by atoms with E-state index in [1.807, 2.05) is 0 Å². The molecule has 0 N–H and O–H groups in total. The van der Waals surface area contributed by atoms with E-state index in [0.717, 1.165) is 0 Å². The molecule has 0 atom stereocenters. The first-order valence-electron chi connectivity index (χ1n) is 4.03. The molecule has 84 valence electrons. The molecular formula is C9H5ClF3N3. The molecule has 1 aromatic carbocycles. The van der Waals surface area contributed by atoms with E-state index in [9.17, 15) is 13.2 Å². The standard InChI is InChI=1S/C9H5ClF3N3/c10-7-3-1-6(2-4-7)8(15-16-14)5-9(11,12)13/h1-5H/b8-5+. The Bertz CT molecular complexity index is 444. The largest absolute Gasteiger partial charge is 0.410 e. The second-order valence-corrected chi connectivity index (χ2v) is 3.20. The first kappa shape index (κ1) is 12.4. The predicted molar refractivity (Wildman–Crippen MR) is 54.6 cm³/mol. The van der Waals surface area contributed by atoms with E-state index in [1.165, 1.54) is 24.3 Å². The highest BCUT2D eigenvalue weighted by atomic mass is 35.5. The Labute approximate surface area is 93.8 Å². The van der Waals surface area contributed by atoms with Gasteiger partial charge >= 0.3 is 6.18 Å². The van der Waals surface area contributed by atoms with Crippen molar-refractivity contribution >= 4 is 17.3 Å². The maximum Gasteiger partial charge on any atom is 0.410 e. The lowest BCUT2D eigenvalue weighted by molar-refractivity contribution is -0.0794. The van der Waals surface area contributed by atoms with Crippen molar-refractivity contribution in [1.82, 2.24) is 0 Å². The zero-order chi connectivity index (χ0) is 12.2. The number of nitrogens with zero attached hydrogens (tertiary/aromatic N) is 3. The van der Waals surface area contributed by atoms with Crippen molar-refractivity contribution < 1.29 is 13.2 Å². The Morgan fingerprint density at radius 1 is 1.31 bits per heavy atom. The first-order valence-corrected chi connectivity index (χ1v) is 4.41. The summed E-state index contributed by atoms with van der Waals surface area (Å²) in [6, 6.07) is 5.51. The minimum Gasteiger partial charge on any atom is -0.167 e. The minimum absolute atomic E-state index is 0.0596. The number of alkyl halides is 3. The van der Waals surface area contributed by atoms with Crippen LogP contribution in [0.25, 0.3) is 16.1 Å². The van der Waals surface area contributed by atoms with E-state index >= 15 is 0 Å². The van der Waals surface area contributed by atoms with E-state index in [0.29, 0.717) is 5.02 Å². The number of hydrogen-bond donors (Lipinski definition) is 0. The molecule has 0 aliphatic rings. The van der Waals surface area contributed by atoms with Gasteiger partial charge in [-0.25, -0.2) is 0 Å². The maximum absolute atomic E-state index is 12.1. The van der Waals surface area contributed by atoms with Gasteiger partial charge in [-0.3, -0.25) is 0 Å². The van der Waals surface area contributed by atoms with Gasteiger partial charge in [0.25, 0.3) is 0 Å². The Kier molecular flexibility index (Phi) is 3.82. The van der Waals surface area contributed by atoms with Gasteiger partial charge in [-0.05, 0) is 23.2 Å². The molecule has 1 aromatic rings. The van der Waals surface area contributed by atoms with Gasteiger partial charge in [0, 0.05) is 21.7 Å². The number of benzene rings is 1. The lowest BCUT2D eigenvalue weighted by atomic mass is 10.1. The molecule has 0 saturated carbocycles. The van der Waals surface area contributed by atoms with Crippen LogP contribution < -0.4 is 0 Å². The molecule has 1 rings (SSSR count). The fourth-order valence-electron chi connectivity index (χ4n) is 0.994. The second kappa shape index (κ2) is 4.92. The van der Waals surface area contributed by atoms with Gasteiger partial charge in [-0.2, -0.15) is 13.2 Å². The molecule has 7 heteroatoms. The van der Waals surface area contributed by atoms with Gasteiger partial charge in [-0.1, -0.05) is 28.8 Å². The van der Waals surface area contributed by atoms with Crippen molar-refractivity contribution in [1.29, 1.82) is 0 Å². The van der Waals surface area contributed by atoms with Crippen LogP contribution in [-0.2, 0) is 0 Å². The first-order chi connectivity index (χ1) is 7.42. The fraction of sp³-hybridized carbons (Fsp3) is 0.111. The monoisotopic (exact) mass is 247 g/mol. The van der Waals surface area contributed by atoms with E-state index in [-0.39, 0.29) is 11.6 Å². The molecule has 0 heterocycles. The molecular weight excluding hydrogens is 243 g/mol. The van der Waals surface area contributed by atoms with Crippen molar-refractivity contribution in [3.63, 3.8) is 0 Å². The van der Waals surface area contributed by atoms with Crippen LogP contribution in [0.15, 0.2) is 35.5 Å². The maximum atomic E-state index is 12.1. The van der Waals surface area contributed by atoms with E-state index in [4.69, 9.17) is 17.1 Å². The normalized spacial score (nSPS) is 12.1. The van der Waals surface area contributed by atoms with Crippen LogP contribution in [0.1, 0.15) is 5.56 Å². The summed E-state index contributed by atoms with van der Waals surface area (Å²) < 4.78 is 36.3. The number of halogens is 4. The SMILES string of the molecule is [N-]=[N+]=N/C(=C/C(F)(F)F)c1ccc(Cl)cc1. The lowest BCUT2D eigenvalue weighted by Crippen LogP contribution is -2.02. The van der Waals surface area contributed by atoms with Crippen LogP contribution in [0.3, 0.4) is 0 Å². The number of rotatable bonds is 2. The zero-order valence-corrected chi connectivity index (χ0v) is 8.50. The molecule has 16 heavy (non-hydrogen) atoms. The highest BCUT2D eigenvalue weighted by Crippen LogP contribution is 2.25. The van der Waals surface area contributed by atoms with Crippen molar-refractivity contribution in [2.45, 2.75) is 6.18 Å². The highest BCUT2D eigenvalue weighted by Gasteiger charge is 2.24. The summed E-state index contributed by atoms with van der Waals surface area (Å²) in [5.41, 5.74) is 7.83. The van der Waals surface area contributed by atoms with E-state index < -0.39 is 11.9 Å². The number of allylic oxidation sites excluding steroid dienone is 1. The van der Waals surface area contributed by atoms with E-state index in [2.05, 4.69) is 10.0 Å². The summed E-state index contributed by atoms with van der Waals surface area (Å²) in [6.07, 6.45) is -4.60. The third-order valence-electron chi connectivity index (χ3n) is 1.59. The summed E-state index contributed by atoms with van der Waals surface area (Å²) in [5, 5.41) is 3.37. The molecule has 0 radical (unpaired) electrons. The van der Waals surface area contributed by atoms with Crippen molar-refractivity contribution in [3.8, 4) is 0 Å². The molecule has 3 nitrogen and oxygen atoms in total. The van der Waals surface area contributed by atoms with Crippen LogP contribution >= 0.6 is 11.6 Å². The highest BCUT2D eigenvalue weighted by molar-refractivity contribution is 6.30. The molecule has 0 fully saturated rings.